The van der Waals surface area contributed by atoms with Gasteiger partial charge in [-0.3, -0.25) is 4.79 Å². The maximum absolute atomic E-state index is 12.6. The van der Waals surface area contributed by atoms with Gasteiger partial charge in [0.2, 0.25) is 5.91 Å². The number of carbonyl (C=O) groups excluding carboxylic acids is 2. The van der Waals surface area contributed by atoms with Crippen LogP contribution in [0.1, 0.15) is 52.1 Å². The number of ether oxygens (including phenoxy) is 2. The molecule has 182 valence electrons. The number of hydrogen-bond donors (Lipinski definition) is 1. The fourth-order valence-corrected chi connectivity index (χ4v) is 5.34. The van der Waals surface area contributed by atoms with Crippen molar-refractivity contribution in [1.82, 2.24) is 14.8 Å². The van der Waals surface area contributed by atoms with Crippen molar-refractivity contribution in [2.45, 2.75) is 52.4 Å². The summed E-state index contributed by atoms with van der Waals surface area (Å²) in [5, 5.41) is 13.0. The Bertz CT molecular complexity index is 1210. The number of carbonyl (C=O) groups is 2. The van der Waals surface area contributed by atoms with E-state index in [0.29, 0.717) is 38.9 Å². The van der Waals surface area contributed by atoms with Crippen LogP contribution in [0.2, 0.25) is 5.02 Å². The van der Waals surface area contributed by atoms with E-state index in [4.69, 9.17) is 21.1 Å². The summed E-state index contributed by atoms with van der Waals surface area (Å²) in [6.45, 7) is 10.2. The van der Waals surface area contributed by atoms with Crippen LogP contribution in [-0.2, 0) is 16.1 Å². The second-order valence-corrected chi connectivity index (χ2v) is 10.2. The minimum Gasteiger partial charge on any atom is -0.481 e. The van der Waals surface area contributed by atoms with Crippen LogP contribution in [0.25, 0.3) is 0 Å². The molecule has 3 rings (SSSR count). The van der Waals surface area contributed by atoms with E-state index in [1.165, 1.54) is 30.2 Å². The van der Waals surface area contributed by atoms with Gasteiger partial charge >= 0.3 is 5.97 Å². The standard InChI is InChI=1S/C23H27ClN4O4S2/c1-7-28-20(14(4)32-17-10-12(2)8-9-16(17)24)26-27-23(28)33-11-18(29)25-21-19(22(30)31-6)13(3)15(5)34-21/h8-10,14H,7,11H2,1-6H3,(H,25,29). The van der Waals surface area contributed by atoms with Gasteiger partial charge in [0.1, 0.15) is 10.8 Å². The van der Waals surface area contributed by atoms with Crippen LogP contribution in [0.5, 0.6) is 5.75 Å². The first-order valence-electron chi connectivity index (χ1n) is 10.6. The maximum Gasteiger partial charge on any atom is 0.341 e. The molecule has 34 heavy (non-hydrogen) atoms. The normalized spacial score (nSPS) is 11.9. The molecule has 8 nitrogen and oxygen atoms in total. The Kier molecular flexibility index (Phi) is 8.62. The molecule has 1 amide bonds. The lowest BCUT2D eigenvalue weighted by molar-refractivity contribution is -0.113. The highest BCUT2D eigenvalue weighted by Gasteiger charge is 2.23. The lowest BCUT2D eigenvalue weighted by Gasteiger charge is -2.16. The Morgan fingerprint density at radius 2 is 2.00 bits per heavy atom. The SMILES string of the molecule is CCn1c(SCC(=O)Nc2sc(C)c(C)c2C(=O)OC)nnc1C(C)Oc1cc(C)ccc1Cl. The van der Waals surface area contributed by atoms with Crippen molar-refractivity contribution in [2.24, 2.45) is 0 Å². The van der Waals surface area contributed by atoms with Crippen LogP contribution in [0.15, 0.2) is 23.4 Å². The monoisotopic (exact) mass is 522 g/mol. The number of anilines is 1. The lowest BCUT2D eigenvalue weighted by Crippen LogP contribution is -2.17. The molecule has 0 saturated carbocycles. The average molecular weight is 523 g/mol. The maximum atomic E-state index is 12.6. The molecule has 1 N–H and O–H groups in total. The van der Waals surface area contributed by atoms with E-state index in [1.54, 1.807) is 6.07 Å². The fraction of sp³-hybridized carbons (Fsp3) is 0.391. The molecule has 2 aromatic heterocycles. The van der Waals surface area contributed by atoms with Gasteiger partial charge in [0.25, 0.3) is 0 Å². The van der Waals surface area contributed by atoms with E-state index in [-0.39, 0.29) is 11.7 Å². The first kappa shape index (κ1) is 26.1. The third-order valence-electron chi connectivity index (χ3n) is 5.18. The average Bonchev–Trinajstić information content (AvgIpc) is 3.34. The van der Waals surface area contributed by atoms with E-state index >= 15 is 0 Å². The third-order valence-corrected chi connectivity index (χ3v) is 7.58. The highest BCUT2D eigenvalue weighted by molar-refractivity contribution is 7.99. The Balaban J connectivity index is 1.69. The number of esters is 1. The number of nitrogens with one attached hydrogen (secondary N) is 1. The smallest absolute Gasteiger partial charge is 0.341 e. The number of thioether (sulfide) groups is 1. The lowest BCUT2D eigenvalue weighted by atomic mass is 10.1. The van der Waals surface area contributed by atoms with Gasteiger partial charge < -0.3 is 19.4 Å². The number of nitrogens with zero attached hydrogens (tertiary/aromatic N) is 3. The second kappa shape index (κ2) is 11.2. The molecule has 0 aliphatic heterocycles. The molecule has 0 radical (unpaired) electrons. The Hall–Kier alpha value is -2.56. The van der Waals surface area contributed by atoms with E-state index in [2.05, 4.69) is 15.5 Å². The van der Waals surface area contributed by atoms with Gasteiger partial charge in [-0.1, -0.05) is 29.4 Å². The number of thiophene rings is 1. The van der Waals surface area contributed by atoms with Crippen LogP contribution >= 0.6 is 34.7 Å². The number of aromatic nitrogens is 3. The van der Waals surface area contributed by atoms with Crippen LogP contribution < -0.4 is 10.1 Å². The van der Waals surface area contributed by atoms with E-state index in [0.717, 1.165) is 16.0 Å². The number of methoxy groups -OCH3 is 1. The van der Waals surface area contributed by atoms with Crippen molar-refractivity contribution >= 4 is 51.6 Å². The molecule has 0 bridgehead atoms. The minimum atomic E-state index is -0.470. The van der Waals surface area contributed by atoms with E-state index in [1.807, 2.05) is 51.3 Å². The van der Waals surface area contributed by atoms with Crippen molar-refractivity contribution in [1.29, 1.82) is 0 Å². The number of halogens is 1. The first-order valence-corrected chi connectivity index (χ1v) is 12.8. The Labute approximate surface area is 212 Å². The Morgan fingerprint density at radius 1 is 1.26 bits per heavy atom. The highest BCUT2D eigenvalue weighted by atomic mass is 35.5. The molecule has 0 aliphatic rings. The van der Waals surface area contributed by atoms with Crippen LogP contribution in [0.3, 0.4) is 0 Å². The molecule has 0 saturated heterocycles. The van der Waals surface area contributed by atoms with Crippen molar-refractivity contribution < 1.29 is 19.1 Å². The minimum absolute atomic E-state index is 0.105. The van der Waals surface area contributed by atoms with E-state index < -0.39 is 12.1 Å². The molecule has 1 unspecified atom stereocenters. The van der Waals surface area contributed by atoms with Gasteiger partial charge in [-0.05, 0) is 57.9 Å². The molecule has 11 heteroatoms. The quantitative estimate of drug-likeness (QED) is 0.289. The molecule has 3 aromatic rings. The third kappa shape index (κ3) is 5.73. The van der Waals surface area contributed by atoms with Gasteiger partial charge in [-0.15, -0.1) is 21.5 Å². The zero-order valence-electron chi connectivity index (χ0n) is 19.9. The number of aryl methyl sites for hydroxylation is 2. The van der Waals surface area contributed by atoms with Gasteiger partial charge in [0.15, 0.2) is 17.1 Å². The van der Waals surface area contributed by atoms with Crippen molar-refractivity contribution in [3.05, 3.63) is 50.6 Å². The van der Waals surface area contributed by atoms with Gasteiger partial charge in [0, 0.05) is 11.4 Å². The molecule has 0 aliphatic carbocycles. The second-order valence-electron chi connectivity index (χ2n) is 7.59. The zero-order valence-corrected chi connectivity index (χ0v) is 22.3. The van der Waals surface area contributed by atoms with Crippen molar-refractivity contribution in [2.75, 3.05) is 18.2 Å². The molecular formula is C23H27ClN4O4S2. The summed E-state index contributed by atoms with van der Waals surface area (Å²) >= 11 is 8.88. The molecule has 1 aromatic carbocycles. The molecular weight excluding hydrogens is 496 g/mol. The topological polar surface area (TPSA) is 95.3 Å². The molecule has 1 atom stereocenters. The summed E-state index contributed by atoms with van der Waals surface area (Å²) in [5.74, 6) is 0.604. The van der Waals surface area contributed by atoms with Gasteiger partial charge in [0.05, 0.1) is 23.4 Å². The molecule has 0 spiro atoms. The van der Waals surface area contributed by atoms with Crippen LogP contribution in [-0.4, -0.2) is 39.5 Å². The Morgan fingerprint density at radius 3 is 2.68 bits per heavy atom. The van der Waals surface area contributed by atoms with E-state index in [9.17, 15) is 9.59 Å². The zero-order chi connectivity index (χ0) is 25.0. The number of hydrogen-bond acceptors (Lipinski definition) is 8. The first-order chi connectivity index (χ1) is 16.2. The predicted molar refractivity (Wildman–Crippen MR) is 135 cm³/mol. The summed E-state index contributed by atoms with van der Waals surface area (Å²) in [6.07, 6.45) is -0.394. The predicted octanol–water partition coefficient (Wildman–Crippen LogP) is 5.60. The van der Waals surface area contributed by atoms with Gasteiger partial charge in [-0.2, -0.15) is 0 Å². The number of amides is 1. The molecule has 2 heterocycles. The van der Waals surface area contributed by atoms with Crippen LogP contribution in [0, 0.1) is 20.8 Å². The summed E-state index contributed by atoms with van der Waals surface area (Å²) in [7, 11) is 1.32. The fourth-order valence-electron chi connectivity index (χ4n) is 3.30. The van der Waals surface area contributed by atoms with Gasteiger partial charge in [-0.25, -0.2) is 4.79 Å². The highest BCUT2D eigenvalue weighted by Crippen LogP contribution is 2.34. The summed E-state index contributed by atoms with van der Waals surface area (Å²) < 4.78 is 12.8. The summed E-state index contributed by atoms with van der Waals surface area (Å²) in [4.78, 5) is 25.7. The van der Waals surface area contributed by atoms with Crippen molar-refractivity contribution in [3.63, 3.8) is 0 Å². The van der Waals surface area contributed by atoms with Crippen LogP contribution in [0.4, 0.5) is 5.00 Å². The van der Waals surface area contributed by atoms with Crippen molar-refractivity contribution in [3.8, 4) is 5.75 Å². The number of rotatable bonds is 9. The molecule has 0 fully saturated rings. The largest absolute Gasteiger partial charge is 0.481 e. The summed E-state index contributed by atoms with van der Waals surface area (Å²) in [6, 6.07) is 5.59. The number of benzene rings is 1. The summed E-state index contributed by atoms with van der Waals surface area (Å²) in [5.41, 5.74) is 2.23.